The van der Waals surface area contributed by atoms with Crippen LogP contribution in [0.1, 0.15) is 4.88 Å². The van der Waals surface area contributed by atoms with Crippen molar-refractivity contribution in [2.75, 3.05) is 23.4 Å². The zero-order valence-corrected chi connectivity index (χ0v) is 13.0. The maximum Gasteiger partial charge on any atom is 0.414 e. The van der Waals surface area contributed by atoms with Gasteiger partial charge >= 0.3 is 6.09 Å². The largest absolute Gasteiger partial charge is 0.447 e. The van der Waals surface area contributed by atoms with E-state index < -0.39 is 0 Å². The first-order chi connectivity index (χ1) is 9.72. The molecular weight excluding hydrogens is 340 g/mol. The van der Waals surface area contributed by atoms with Crippen molar-refractivity contribution in [3.63, 3.8) is 0 Å². The van der Waals surface area contributed by atoms with E-state index in [0.717, 1.165) is 21.7 Å². The second-order valence-electron chi connectivity index (χ2n) is 4.38. The molecule has 104 valence electrons. The number of ether oxygens (including phenoxy) is 1. The first-order valence-corrected chi connectivity index (χ1v) is 7.86. The van der Waals surface area contributed by atoms with Gasteiger partial charge in [-0.05, 0) is 46.3 Å². The summed E-state index contributed by atoms with van der Waals surface area (Å²) in [7, 11) is 0. The van der Waals surface area contributed by atoms with E-state index in [2.05, 4.69) is 27.3 Å². The Morgan fingerprint density at radius 1 is 1.35 bits per heavy atom. The van der Waals surface area contributed by atoms with Crippen LogP contribution in [-0.2, 0) is 11.3 Å². The monoisotopic (exact) mass is 352 g/mol. The molecule has 3 rings (SSSR count). The van der Waals surface area contributed by atoms with Crippen LogP contribution in [0.25, 0.3) is 0 Å². The van der Waals surface area contributed by atoms with Gasteiger partial charge in [-0.3, -0.25) is 4.90 Å². The van der Waals surface area contributed by atoms with Crippen LogP contribution in [0.3, 0.4) is 0 Å². The summed E-state index contributed by atoms with van der Waals surface area (Å²) in [6.07, 6.45) is -0.274. The Morgan fingerprint density at radius 3 is 2.95 bits per heavy atom. The smallest absolute Gasteiger partial charge is 0.414 e. The minimum Gasteiger partial charge on any atom is -0.447 e. The number of carbonyl (C=O) groups excluding carboxylic acids is 1. The van der Waals surface area contributed by atoms with Crippen molar-refractivity contribution in [3.8, 4) is 0 Å². The Morgan fingerprint density at radius 2 is 2.25 bits per heavy atom. The van der Waals surface area contributed by atoms with Crippen LogP contribution in [0.15, 0.2) is 40.2 Å². The van der Waals surface area contributed by atoms with Crippen LogP contribution < -0.4 is 10.2 Å². The lowest BCUT2D eigenvalue weighted by atomic mass is 10.2. The molecular formula is C14H13BrN2O2S. The lowest BCUT2D eigenvalue weighted by Gasteiger charge is -2.14. The fourth-order valence-corrected chi connectivity index (χ4v) is 3.47. The van der Waals surface area contributed by atoms with Crippen molar-refractivity contribution in [1.29, 1.82) is 0 Å². The standard InChI is InChI=1S/C14H13BrN2O2S/c15-13-5-4-12(20-13)9-16-10-2-1-3-11(8-10)17-6-7-19-14(17)18/h1-5,8,16H,6-7,9H2. The van der Waals surface area contributed by atoms with Gasteiger partial charge in [0.2, 0.25) is 0 Å². The van der Waals surface area contributed by atoms with Gasteiger partial charge in [0, 0.05) is 22.8 Å². The number of nitrogens with zero attached hydrogens (tertiary/aromatic N) is 1. The molecule has 1 aliphatic heterocycles. The van der Waals surface area contributed by atoms with E-state index in [9.17, 15) is 4.79 Å². The summed E-state index contributed by atoms with van der Waals surface area (Å²) < 4.78 is 6.08. The molecule has 20 heavy (non-hydrogen) atoms. The van der Waals surface area contributed by atoms with Gasteiger partial charge in [0.05, 0.1) is 10.3 Å². The van der Waals surface area contributed by atoms with Crippen molar-refractivity contribution in [2.24, 2.45) is 0 Å². The predicted molar refractivity (Wildman–Crippen MR) is 84.5 cm³/mol. The summed E-state index contributed by atoms with van der Waals surface area (Å²) in [6.45, 7) is 1.84. The average Bonchev–Trinajstić information content (AvgIpc) is 3.05. The van der Waals surface area contributed by atoms with Crippen LogP contribution >= 0.6 is 27.3 Å². The zero-order chi connectivity index (χ0) is 13.9. The minimum atomic E-state index is -0.274. The molecule has 0 saturated carbocycles. The molecule has 1 amide bonds. The lowest BCUT2D eigenvalue weighted by Crippen LogP contribution is -2.23. The Balaban J connectivity index is 1.69. The fourth-order valence-electron chi connectivity index (χ4n) is 2.05. The van der Waals surface area contributed by atoms with Gasteiger partial charge in [-0.15, -0.1) is 11.3 Å². The molecule has 1 fully saturated rings. The van der Waals surface area contributed by atoms with E-state index in [1.54, 1.807) is 16.2 Å². The zero-order valence-electron chi connectivity index (χ0n) is 10.6. The third kappa shape index (κ3) is 2.96. The molecule has 2 heterocycles. The van der Waals surface area contributed by atoms with Gasteiger partial charge in [0.25, 0.3) is 0 Å². The Labute approximate surface area is 129 Å². The highest BCUT2D eigenvalue weighted by Crippen LogP contribution is 2.25. The molecule has 6 heteroatoms. The number of hydrogen-bond donors (Lipinski definition) is 1. The number of rotatable bonds is 4. The normalized spacial score (nSPS) is 14.4. The fraction of sp³-hybridized carbons (Fsp3) is 0.214. The molecule has 4 nitrogen and oxygen atoms in total. The van der Waals surface area contributed by atoms with Crippen molar-refractivity contribution in [1.82, 2.24) is 0 Å². The molecule has 0 spiro atoms. The molecule has 1 N–H and O–H groups in total. The second-order valence-corrected chi connectivity index (χ2v) is 6.92. The molecule has 0 unspecified atom stereocenters. The summed E-state index contributed by atoms with van der Waals surface area (Å²) in [6, 6.07) is 11.9. The topological polar surface area (TPSA) is 41.6 Å². The molecule has 0 atom stereocenters. The summed E-state index contributed by atoms with van der Waals surface area (Å²) >= 11 is 5.16. The summed E-state index contributed by atoms with van der Waals surface area (Å²) in [5.74, 6) is 0. The van der Waals surface area contributed by atoms with Crippen LogP contribution in [0, 0.1) is 0 Å². The predicted octanol–water partition coefficient (Wildman–Crippen LogP) is 4.08. The lowest BCUT2D eigenvalue weighted by molar-refractivity contribution is 0.181. The number of amides is 1. The third-order valence-corrected chi connectivity index (χ3v) is 4.64. The van der Waals surface area contributed by atoms with E-state index in [0.29, 0.717) is 13.2 Å². The summed E-state index contributed by atoms with van der Waals surface area (Å²) in [4.78, 5) is 14.4. The van der Waals surface area contributed by atoms with Crippen LogP contribution in [0.4, 0.5) is 16.2 Å². The van der Waals surface area contributed by atoms with Crippen molar-refractivity contribution >= 4 is 44.7 Å². The molecule has 0 radical (unpaired) electrons. The number of benzene rings is 1. The van der Waals surface area contributed by atoms with Gasteiger partial charge in [-0.2, -0.15) is 0 Å². The molecule has 1 aromatic heterocycles. The molecule has 0 aliphatic carbocycles. The number of halogens is 1. The number of anilines is 2. The van der Waals surface area contributed by atoms with Gasteiger partial charge in [0.15, 0.2) is 0 Å². The van der Waals surface area contributed by atoms with Crippen molar-refractivity contribution in [3.05, 3.63) is 45.1 Å². The number of hydrogen-bond acceptors (Lipinski definition) is 4. The van der Waals surface area contributed by atoms with E-state index in [4.69, 9.17) is 4.74 Å². The third-order valence-electron chi connectivity index (χ3n) is 3.01. The number of carbonyl (C=O) groups is 1. The summed E-state index contributed by atoms with van der Waals surface area (Å²) in [5, 5.41) is 3.36. The highest BCUT2D eigenvalue weighted by molar-refractivity contribution is 9.11. The molecule has 2 aromatic rings. The van der Waals surface area contributed by atoms with E-state index in [1.165, 1.54) is 4.88 Å². The molecule has 0 bridgehead atoms. The van der Waals surface area contributed by atoms with Gasteiger partial charge in [0.1, 0.15) is 6.61 Å². The second kappa shape index (κ2) is 5.85. The van der Waals surface area contributed by atoms with Gasteiger partial charge in [-0.1, -0.05) is 6.07 Å². The van der Waals surface area contributed by atoms with Crippen LogP contribution in [0.2, 0.25) is 0 Å². The van der Waals surface area contributed by atoms with E-state index in [-0.39, 0.29) is 6.09 Å². The SMILES string of the molecule is O=C1OCCN1c1cccc(NCc2ccc(Br)s2)c1. The number of nitrogens with one attached hydrogen (secondary N) is 1. The van der Waals surface area contributed by atoms with Crippen molar-refractivity contribution in [2.45, 2.75) is 6.54 Å². The Bertz CT molecular complexity index is 629. The average molecular weight is 353 g/mol. The highest BCUT2D eigenvalue weighted by atomic mass is 79.9. The first-order valence-electron chi connectivity index (χ1n) is 6.25. The van der Waals surface area contributed by atoms with E-state index in [1.807, 2.05) is 30.3 Å². The van der Waals surface area contributed by atoms with Gasteiger partial charge < -0.3 is 10.1 Å². The summed E-state index contributed by atoms with van der Waals surface area (Å²) in [5.41, 5.74) is 1.86. The number of thiophene rings is 1. The molecule has 1 saturated heterocycles. The maximum atomic E-state index is 11.5. The Kier molecular flexibility index (Phi) is 3.93. The van der Waals surface area contributed by atoms with Crippen molar-refractivity contribution < 1.29 is 9.53 Å². The minimum absolute atomic E-state index is 0.274. The van der Waals surface area contributed by atoms with E-state index >= 15 is 0 Å². The maximum absolute atomic E-state index is 11.5. The quantitative estimate of drug-likeness (QED) is 0.901. The molecule has 1 aliphatic rings. The Hall–Kier alpha value is -1.53. The van der Waals surface area contributed by atoms with Crippen LogP contribution in [-0.4, -0.2) is 19.2 Å². The molecule has 1 aromatic carbocycles. The first kappa shape index (κ1) is 13.5. The number of cyclic esters (lactones) is 1. The highest BCUT2D eigenvalue weighted by Gasteiger charge is 2.23. The van der Waals surface area contributed by atoms with Crippen LogP contribution in [0.5, 0.6) is 0 Å². The van der Waals surface area contributed by atoms with Gasteiger partial charge in [-0.25, -0.2) is 4.79 Å².